The first-order chi connectivity index (χ1) is 9.30. The van der Waals surface area contributed by atoms with Crippen molar-refractivity contribution in [2.24, 2.45) is 5.92 Å². The minimum atomic E-state index is 0.758. The van der Waals surface area contributed by atoms with Crippen molar-refractivity contribution in [1.82, 2.24) is 4.98 Å². The van der Waals surface area contributed by atoms with E-state index in [9.17, 15) is 0 Å². The van der Waals surface area contributed by atoms with Crippen molar-refractivity contribution in [2.45, 2.75) is 52.9 Å². The number of rotatable bonds is 10. The standard InChI is InChI=1S/C16H29N3/c1-4-7-9-14(6-3)13-18-16-11-8-10-15(19-16)17-12-5-2/h8,10-11,14H,4-7,9,12-13H2,1-3H3,(H2,17,18,19). The Kier molecular flexibility index (Phi) is 8.03. The molecule has 0 aliphatic heterocycles. The molecule has 1 rings (SSSR count). The zero-order valence-electron chi connectivity index (χ0n) is 12.7. The lowest BCUT2D eigenvalue weighted by molar-refractivity contribution is 0.472. The second-order valence-corrected chi connectivity index (χ2v) is 5.13. The van der Waals surface area contributed by atoms with Crippen LogP contribution >= 0.6 is 0 Å². The summed E-state index contributed by atoms with van der Waals surface area (Å²) in [6.07, 6.45) is 6.28. The van der Waals surface area contributed by atoms with Gasteiger partial charge < -0.3 is 10.6 Å². The van der Waals surface area contributed by atoms with E-state index < -0.39 is 0 Å². The second-order valence-electron chi connectivity index (χ2n) is 5.13. The van der Waals surface area contributed by atoms with Gasteiger partial charge in [-0.3, -0.25) is 0 Å². The predicted octanol–water partition coefficient (Wildman–Crippen LogP) is 4.53. The van der Waals surface area contributed by atoms with Gasteiger partial charge in [-0.15, -0.1) is 0 Å². The van der Waals surface area contributed by atoms with Gasteiger partial charge in [-0.25, -0.2) is 4.98 Å². The van der Waals surface area contributed by atoms with E-state index >= 15 is 0 Å². The summed E-state index contributed by atoms with van der Waals surface area (Å²) in [6.45, 7) is 8.69. The van der Waals surface area contributed by atoms with Crippen molar-refractivity contribution in [3.63, 3.8) is 0 Å². The molecule has 0 aromatic carbocycles. The number of unbranched alkanes of at least 4 members (excludes halogenated alkanes) is 1. The zero-order valence-corrected chi connectivity index (χ0v) is 12.7. The third-order valence-electron chi connectivity index (χ3n) is 3.42. The zero-order chi connectivity index (χ0) is 13.9. The molecule has 0 aliphatic carbocycles. The molecule has 0 saturated carbocycles. The van der Waals surface area contributed by atoms with Crippen LogP contribution in [0.4, 0.5) is 11.6 Å². The minimum absolute atomic E-state index is 0.758. The van der Waals surface area contributed by atoms with Gasteiger partial charge in [0.1, 0.15) is 11.6 Å². The fraction of sp³-hybridized carbons (Fsp3) is 0.688. The van der Waals surface area contributed by atoms with E-state index in [1.807, 2.05) is 12.1 Å². The van der Waals surface area contributed by atoms with Crippen LogP contribution in [0.5, 0.6) is 0 Å². The highest BCUT2D eigenvalue weighted by atomic mass is 15.1. The van der Waals surface area contributed by atoms with Gasteiger partial charge in [0.2, 0.25) is 0 Å². The molecule has 0 fully saturated rings. The summed E-state index contributed by atoms with van der Waals surface area (Å²) >= 11 is 0. The summed E-state index contributed by atoms with van der Waals surface area (Å²) in [5, 5.41) is 6.79. The highest BCUT2D eigenvalue weighted by molar-refractivity contribution is 5.45. The lowest BCUT2D eigenvalue weighted by atomic mass is 9.99. The molecule has 3 nitrogen and oxygen atoms in total. The molecule has 2 N–H and O–H groups in total. The molecule has 1 aromatic rings. The number of hydrogen-bond acceptors (Lipinski definition) is 3. The van der Waals surface area contributed by atoms with Gasteiger partial charge in [0.15, 0.2) is 0 Å². The van der Waals surface area contributed by atoms with Crippen molar-refractivity contribution >= 4 is 11.6 Å². The van der Waals surface area contributed by atoms with Crippen LogP contribution < -0.4 is 10.6 Å². The van der Waals surface area contributed by atoms with Crippen molar-refractivity contribution in [1.29, 1.82) is 0 Å². The molecule has 0 saturated heterocycles. The summed E-state index contributed by atoms with van der Waals surface area (Å²) < 4.78 is 0. The van der Waals surface area contributed by atoms with Crippen molar-refractivity contribution < 1.29 is 0 Å². The Morgan fingerprint density at radius 1 is 1.05 bits per heavy atom. The topological polar surface area (TPSA) is 37.0 Å². The van der Waals surface area contributed by atoms with Crippen LogP contribution in [0.1, 0.15) is 52.9 Å². The van der Waals surface area contributed by atoms with E-state index in [2.05, 4.69) is 42.5 Å². The van der Waals surface area contributed by atoms with Gasteiger partial charge >= 0.3 is 0 Å². The molecule has 1 aromatic heterocycles. The maximum absolute atomic E-state index is 4.57. The molecule has 1 heterocycles. The Morgan fingerprint density at radius 2 is 1.79 bits per heavy atom. The fourth-order valence-corrected chi connectivity index (χ4v) is 2.08. The molecule has 0 aliphatic rings. The summed E-state index contributed by atoms with van der Waals surface area (Å²) in [5.41, 5.74) is 0. The lowest BCUT2D eigenvalue weighted by Gasteiger charge is -2.16. The van der Waals surface area contributed by atoms with E-state index in [0.29, 0.717) is 0 Å². The molecule has 0 spiro atoms. The minimum Gasteiger partial charge on any atom is -0.370 e. The quantitative estimate of drug-likeness (QED) is 0.651. The molecule has 3 heteroatoms. The molecule has 0 bridgehead atoms. The Morgan fingerprint density at radius 3 is 2.42 bits per heavy atom. The lowest BCUT2D eigenvalue weighted by Crippen LogP contribution is -2.14. The Balaban J connectivity index is 2.42. The predicted molar refractivity (Wildman–Crippen MR) is 84.8 cm³/mol. The molecule has 0 radical (unpaired) electrons. The number of nitrogens with one attached hydrogen (secondary N) is 2. The van der Waals surface area contributed by atoms with Gasteiger partial charge in [-0.2, -0.15) is 0 Å². The van der Waals surface area contributed by atoms with Gasteiger partial charge in [-0.05, 0) is 30.9 Å². The van der Waals surface area contributed by atoms with Gasteiger partial charge in [0.25, 0.3) is 0 Å². The van der Waals surface area contributed by atoms with Gasteiger partial charge in [0, 0.05) is 13.1 Å². The summed E-state index contributed by atoms with van der Waals surface area (Å²) in [5.74, 6) is 2.71. The largest absolute Gasteiger partial charge is 0.370 e. The molecule has 108 valence electrons. The third-order valence-corrected chi connectivity index (χ3v) is 3.42. The van der Waals surface area contributed by atoms with E-state index in [0.717, 1.165) is 37.1 Å². The smallest absolute Gasteiger partial charge is 0.128 e. The SMILES string of the molecule is CCCCC(CC)CNc1cccc(NCCC)n1. The first-order valence-corrected chi connectivity index (χ1v) is 7.74. The van der Waals surface area contributed by atoms with Gasteiger partial charge in [0.05, 0.1) is 0 Å². The van der Waals surface area contributed by atoms with Crippen LogP contribution in [-0.4, -0.2) is 18.1 Å². The van der Waals surface area contributed by atoms with E-state index in [1.54, 1.807) is 0 Å². The number of nitrogens with zero attached hydrogens (tertiary/aromatic N) is 1. The summed E-state index contributed by atoms with van der Waals surface area (Å²) in [7, 11) is 0. The average molecular weight is 263 g/mol. The monoisotopic (exact) mass is 263 g/mol. The van der Waals surface area contributed by atoms with Crippen LogP contribution in [0.2, 0.25) is 0 Å². The maximum Gasteiger partial charge on any atom is 0.128 e. The Bertz CT molecular complexity index is 339. The van der Waals surface area contributed by atoms with Crippen LogP contribution in [0, 0.1) is 5.92 Å². The number of anilines is 2. The number of hydrogen-bond donors (Lipinski definition) is 2. The first-order valence-electron chi connectivity index (χ1n) is 7.74. The van der Waals surface area contributed by atoms with Crippen LogP contribution in [0.15, 0.2) is 18.2 Å². The summed E-state index contributed by atoms with van der Waals surface area (Å²) in [6, 6.07) is 6.12. The number of pyridine rings is 1. The molecular formula is C16H29N3. The maximum atomic E-state index is 4.57. The molecular weight excluding hydrogens is 234 g/mol. The van der Waals surface area contributed by atoms with E-state index in [1.165, 1.54) is 25.7 Å². The molecule has 1 unspecified atom stereocenters. The Hall–Kier alpha value is -1.25. The highest BCUT2D eigenvalue weighted by Gasteiger charge is 2.06. The number of aromatic nitrogens is 1. The third kappa shape index (κ3) is 6.46. The van der Waals surface area contributed by atoms with Crippen LogP contribution in [0.25, 0.3) is 0 Å². The van der Waals surface area contributed by atoms with Crippen LogP contribution in [0.3, 0.4) is 0 Å². The van der Waals surface area contributed by atoms with E-state index in [4.69, 9.17) is 0 Å². The molecule has 0 amide bonds. The van der Waals surface area contributed by atoms with Crippen LogP contribution in [-0.2, 0) is 0 Å². The Labute approximate surface area is 118 Å². The average Bonchev–Trinajstić information content (AvgIpc) is 2.46. The van der Waals surface area contributed by atoms with E-state index in [-0.39, 0.29) is 0 Å². The normalized spacial score (nSPS) is 12.2. The second kappa shape index (κ2) is 9.65. The molecule has 19 heavy (non-hydrogen) atoms. The summed E-state index contributed by atoms with van der Waals surface area (Å²) in [4.78, 5) is 4.57. The van der Waals surface area contributed by atoms with Crippen molar-refractivity contribution in [2.75, 3.05) is 23.7 Å². The van der Waals surface area contributed by atoms with Gasteiger partial charge in [-0.1, -0.05) is 46.1 Å². The fourth-order valence-electron chi connectivity index (χ4n) is 2.08. The molecule has 1 atom stereocenters. The van der Waals surface area contributed by atoms with Crippen molar-refractivity contribution in [3.8, 4) is 0 Å². The highest BCUT2D eigenvalue weighted by Crippen LogP contribution is 2.15. The first kappa shape index (κ1) is 15.8. The van der Waals surface area contributed by atoms with Crippen molar-refractivity contribution in [3.05, 3.63) is 18.2 Å².